The Hall–Kier alpha value is -2.60. The number of benzene rings is 2. The average Bonchev–Trinajstić information content (AvgIpc) is 2.69. The second kappa shape index (κ2) is 9.20. The van der Waals surface area contributed by atoms with Crippen LogP contribution in [-0.2, 0) is 16.0 Å². The van der Waals surface area contributed by atoms with Crippen LogP contribution in [0.25, 0.3) is 0 Å². The van der Waals surface area contributed by atoms with Crippen molar-refractivity contribution in [3.8, 4) is 0 Å². The zero-order valence-corrected chi connectivity index (χ0v) is 14.7. The van der Waals surface area contributed by atoms with Crippen LogP contribution in [0.3, 0.4) is 0 Å². The summed E-state index contributed by atoms with van der Waals surface area (Å²) in [5.41, 5.74) is 3.04. The molecule has 0 atom stereocenters. The molecular weight excluding hydrogens is 333 g/mol. The van der Waals surface area contributed by atoms with Crippen molar-refractivity contribution in [3.63, 3.8) is 0 Å². The molecule has 0 aliphatic carbocycles. The molecule has 0 aromatic heterocycles. The summed E-state index contributed by atoms with van der Waals surface area (Å²) in [4.78, 5) is 14.3. The average molecular weight is 357 g/mol. The molecule has 26 heavy (non-hydrogen) atoms. The van der Waals surface area contributed by atoms with Gasteiger partial charge in [0, 0.05) is 19.6 Å². The summed E-state index contributed by atoms with van der Waals surface area (Å²) in [6.07, 6.45) is 0.677. The number of amides is 1. The second-order valence-corrected chi connectivity index (χ2v) is 6.20. The van der Waals surface area contributed by atoms with E-state index in [1.165, 1.54) is 12.1 Å². The van der Waals surface area contributed by atoms with E-state index < -0.39 is 0 Å². The van der Waals surface area contributed by atoms with Crippen LogP contribution < -0.4 is 15.5 Å². The summed E-state index contributed by atoms with van der Waals surface area (Å²) in [5, 5.41) is 6.11. The van der Waals surface area contributed by atoms with Crippen molar-refractivity contribution in [2.24, 2.45) is 0 Å². The maximum atomic E-state index is 12.9. The number of nitrogens with zero attached hydrogens (tertiary/aromatic N) is 1. The zero-order chi connectivity index (χ0) is 18.2. The van der Waals surface area contributed by atoms with Gasteiger partial charge in [0.2, 0.25) is 5.91 Å². The fourth-order valence-electron chi connectivity index (χ4n) is 2.94. The Labute approximate surface area is 153 Å². The number of ether oxygens (including phenoxy) is 1. The lowest BCUT2D eigenvalue weighted by Crippen LogP contribution is -2.37. The molecule has 2 N–H and O–H groups in total. The molecule has 138 valence electrons. The molecule has 0 bridgehead atoms. The summed E-state index contributed by atoms with van der Waals surface area (Å²) in [5.74, 6) is -0.315. The number of hydrogen-bond donors (Lipinski definition) is 2. The predicted molar refractivity (Wildman–Crippen MR) is 101 cm³/mol. The standard InChI is InChI=1S/C20H24FN3O2/c21-17-7-5-16(6-8-17)9-10-22-20(25)15-23-18-3-1-2-4-19(18)24-11-13-26-14-12-24/h1-8,23H,9-15H2,(H,22,25). The van der Waals surface area contributed by atoms with Gasteiger partial charge in [0.15, 0.2) is 0 Å². The molecule has 6 heteroatoms. The fraction of sp³-hybridized carbons (Fsp3) is 0.350. The van der Waals surface area contributed by atoms with E-state index in [1.807, 2.05) is 18.2 Å². The maximum Gasteiger partial charge on any atom is 0.239 e. The molecular formula is C20H24FN3O2. The molecule has 0 spiro atoms. The fourth-order valence-corrected chi connectivity index (χ4v) is 2.94. The van der Waals surface area contributed by atoms with Crippen molar-refractivity contribution in [1.29, 1.82) is 0 Å². The smallest absolute Gasteiger partial charge is 0.239 e. The quantitative estimate of drug-likeness (QED) is 0.799. The van der Waals surface area contributed by atoms with Crippen LogP contribution in [-0.4, -0.2) is 45.3 Å². The Kier molecular flexibility index (Phi) is 6.44. The van der Waals surface area contributed by atoms with Crippen molar-refractivity contribution in [1.82, 2.24) is 5.32 Å². The lowest BCUT2D eigenvalue weighted by Gasteiger charge is -2.30. The van der Waals surface area contributed by atoms with Crippen LogP contribution >= 0.6 is 0 Å². The first-order valence-electron chi connectivity index (χ1n) is 8.89. The van der Waals surface area contributed by atoms with Gasteiger partial charge in [-0.25, -0.2) is 4.39 Å². The second-order valence-electron chi connectivity index (χ2n) is 6.20. The highest BCUT2D eigenvalue weighted by Crippen LogP contribution is 2.26. The lowest BCUT2D eigenvalue weighted by molar-refractivity contribution is -0.119. The minimum atomic E-state index is -0.249. The molecule has 1 amide bonds. The van der Waals surface area contributed by atoms with Gasteiger partial charge >= 0.3 is 0 Å². The molecule has 5 nitrogen and oxygen atoms in total. The van der Waals surface area contributed by atoms with E-state index in [1.54, 1.807) is 12.1 Å². The molecule has 2 aromatic carbocycles. The van der Waals surface area contributed by atoms with Gasteiger partial charge in [-0.3, -0.25) is 4.79 Å². The lowest BCUT2D eigenvalue weighted by atomic mass is 10.1. The van der Waals surface area contributed by atoms with Crippen molar-refractivity contribution >= 4 is 17.3 Å². The number of carbonyl (C=O) groups is 1. The topological polar surface area (TPSA) is 53.6 Å². The third-order valence-corrected chi connectivity index (χ3v) is 4.34. The highest BCUT2D eigenvalue weighted by Gasteiger charge is 2.14. The van der Waals surface area contributed by atoms with Gasteiger partial charge in [-0.15, -0.1) is 0 Å². The Morgan fingerprint density at radius 3 is 2.58 bits per heavy atom. The van der Waals surface area contributed by atoms with Crippen molar-refractivity contribution in [2.75, 3.05) is 49.6 Å². The number of para-hydroxylation sites is 2. The van der Waals surface area contributed by atoms with E-state index >= 15 is 0 Å². The minimum Gasteiger partial charge on any atom is -0.378 e. The van der Waals surface area contributed by atoms with E-state index in [9.17, 15) is 9.18 Å². The predicted octanol–water partition coefficient (Wildman–Crippen LogP) is 2.43. The molecule has 1 heterocycles. The number of hydrogen-bond acceptors (Lipinski definition) is 4. The maximum absolute atomic E-state index is 12.9. The molecule has 0 unspecified atom stereocenters. The van der Waals surface area contributed by atoms with Crippen molar-refractivity contribution in [3.05, 3.63) is 59.9 Å². The normalized spacial score (nSPS) is 14.1. The molecule has 0 radical (unpaired) electrons. The molecule has 2 aromatic rings. The number of nitrogens with one attached hydrogen (secondary N) is 2. The van der Waals surface area contributed by atoms with Crippen LogP contribution in [0.1, 0.15) is 5.56 Å². The Balaban J connectivity index is 1.46. The number of morpholine rings is 1. The zero-order valence-electron chi connectivity index (χ0n) is 14.7. The third kappa shape index (κ3) is 5.20. The van der Waals surface area contributed by atoms with Crippen LogP contribution in [0, 0.1) is 5.82 Å². The minimum absolute atomic E-state index is 0.0658. The van der Waals surface area contributed by atoms with Gasteiger partial charge in [0.05, 0.1) is 31.1 Å². The van der Waals surface area contributed by atoms with E-state index in [0.29, 0.717) is 13.0 Å². The summed E-state index contributed by atoms with van der Waals surface area (Å²) in [6, 6.07) is 14.3. The number of rotatable bonds is 7. The first-order valence-corrected chi connectivity index (χ1v) is 8.89. The highest BCUT2D eigenvalue weighted by molar-refractivity contribution is 5.82. The van der Waals surface area contributed by atoms with Crippen molar-refractivity contribution < 1.29 is 13.9 Å². The molecule has 0 saturated carbocycles. The number of halogens is 1. The van der Waals surface area contributed by atoms with Crippen LogP contribution in [0.2, 0.25) is 0 Å². The van der Waals surface area contributed by atoms with Crippen LogP contribution in [0.15, 0.2) is 48.5 Å². The summed E-state index contributed by atoms with van der Waals surface area (Å²) in [6.45, 7) is 3.88. The number of carbonyl (C=O) groups excluding carboxylic acids is 1. The molecule has 1 fully saturated rings. The van der Waals surface area contributed by atoms with E-state index in [4.69, 9.17) is 4.74 Å². The summed E-state index contributed by atoms with van der Waals surface area (Å²) < 4.78 is 18.3. The van der Waals surface area contributed by atoms with Gasteiger partial charge in [0.25, 0.3) is 0 Å². The largest absolute Gasteiger partial charge is 0.378 e. The molecule has 1 aliphatic rings. The van der Waals surface area contributed by atoms with Crippen LogP contribution in [0.5, 0.6) is 0 Å². The molecule has 3 rings (SSSR count). The van der Waals surface area contributed by atoms with Crippen molar-refractivity contribution in [2.45, 2.75) is 6.42 Å². The van der Waals surface area contributed by atoms with E-state index in [-0.39, 0.29) is 18.3 Å². The van der Waals surface area contributed by atoms with Gasteiger partial charge in [0.1, 0.15) is 5.82 Å². The van der Waals surface area contributed by atoms with E-state index in [2.05, 4.69) is 21.6 Å². The SMILES string of the molecule is O=C(CNc1ccccc1N1CCOCC1)NCCc1ccc(F)cc1. The summed E-state index contributed by atoms with van der Waals surface area (Å²) >= 11 is 0. The Morgan fingerprint density at radius 1 is 1.08 bits per heavy atom. The first-order chi connectivity index (χ1) is 12.7. The molecule has 1 aliphatic heterocycles. The van der Waals surface area contributed by atoms with Gasteiger partial charge in [-0.1, -0.05) is 24.3 Å². The van der Waals surface area contributed by atoms with Gasteiger partial charge in [-0.05, 0) is 36.2 Å². The van der Waals surface area contributed by atoms with Gasteiger partial charge < -0.3 is 20.3 Å². The first kappa shape index (κ1) is 18.2. The Morgan fingerprint density at radius 2 is 1.81 bits per heavy atom. The monoisotopic (exact) mass is 357 g/mol. The summed E-state index contributed by atoms with van der Waals surface area (Å²) in [7, 11) is 0. The van der Waals surface area contributed by atoms with E-state index in [0.717, 1.165) is 43.2 Å². The van der Waals surface area contributed by atoms with Gasteiger partial charge in [-0.2, -0.15) is 0 Å². The molecule has 1 saturated heterocycles. The highest BCUT2D eigenvalue weighted by atomic mass is 19.1. The third-order valence-electron chi connectivity index (χ3n) is 4.34. The number of anilines is 2. The van der Waals surface area contributed by atoms with Crippen LogP contribution in [0.4, 0.5) is 15.8 Å². The Bertz CT molecular complexity index is 715.